The highest BCUT2D eigenvalue weighted by atomic mass is 32.2. The molecule has 1 aliphatic rings. The van der Waals surface area contributed by atoms with E-state index in [1.165, 1.54) is 10.6 Å². The molecular weight excluding hydrogens is 525 g/mol. The van der Waals surface area contributed by atoms with Crippen LogP contribution < -0.4 is 20.3 Å². The van der Waals surface area contributed by atoms with Crippen molar-refractivity contribution in [2.45, 2.75) is 49.3 Å². The maximum atomic E-state index is 5.80. The van der Waals surface area contributed by atoms with Crippen LogP contribution in [0.2, 0.25) is 0 Å². The SMILES string of the molecule is COc1cc(N2CCC(N(C)C)CC2)ccc1Nc1nc(Nc2ccccc2SC(C)(C)C)c2sccc2n1. The second kappa shape index (κ2) is 11.6. The molecule has 0 amide bonds. The first-order chi connectivity index (χ1) is 18.7. The number of anilines is 5. The number of aromatic nitrogens is 2. The maximum absolute atomic E-state index is 5.80. The summed E-state index contributed by atoms with van der Waals surface area (Å²) < 4.78 is 6.92. The van der Waals surface area contributed by atoms with Crippen molar-refractivity contribution < 1.29 is 4.74 Å². The number of hydrogen-bond donors (Lipinski definition) is 2. The second-order valence-electron chi connectivity index (χ2n) is 11.1. The van der Waals surface area contributed by atoms with Crippen molar-refractivity contribution in [1.29, 1.82) is 0 Å². The van der Waals surface area contributed by atoms with E-state index in [9.17, 15) is 0 Å². The standard InChI is InChI=1S/C30H38N6OS2/c1-30(2,3)39-26-10-8-7-9-23(26)31-28-27-24(15-18-38-27)33-29(34-28)32-22-12-11-21(19-25(22)37-6)36-16-13-20(14-17-36)35(4)5/h7-12,15,18-20H,13-14,16-17H2,1-6H3,(H2,31,32,33,34). The highest BCUT2D eigenvalue weighted by Gasteiger charge is 2.22. The van der Waals surface area contributed by atoms with Crippen molar-refractivity contribution >= 4 is 62.1 Å². The Kier molecular flexibility index (Phi) is 8.21. The molecule has 0 saturated carbocycles. The van der Waals surface area contributed by atoms with E-state index in [4.69, 9.17) is 14.7 Å². The molecule has 0 aliphatic carbocycles. The third-order valence-electron chi connectivity index (χ3n) is 6.85. The summed E-state index contributed by atoms with van der Waals surface area (Å²) in [5.74, 6) is 2.10. The van der Waals surface area contributed by atoms with Gasteiger partial charge in [-0.25, -0.2) is 4.98 Å². The minimum absolute atomic E-state index is 0.0966. The van der Waals surface area contributed by atoms with Crippen LogP contribution in [0.5, 0.6) is 5.75 Å². The molecule has 9 heteroatoms. The van der Waals surface area contributed by atoms with Crippen LogP contribution in [0.15, 0.2) is 58.8 Å². The fourth-order valence-electron chi connectivity index (χ4n) is 4.86. The Balaban J connectivity index is 1.40. The minimum atomic E-state index is 0.0966. The van der Waals surface area contributed by atoms with E-state index in [1.807, 2.05) is 17.8 Å². The van der Waals surface area contributed by atoms with E-state index in [0.717, 1.165) is 59.1 Å². The van der Waals surface area contributed by atoms with Crippen LogP contribution in [0, 0.1) is 0 Å². The first-order valence-corrected chi connectivity index (χ1v) is 15.1. The van der Waals surface area contributed by atoms with Gasteiger partial charge in [-0.1, -0.05) is 32.9 Å². The van der Waals surface area contributed by atoms with Crippen molar-refractivity contribution in [2.75, 3.05) is 49.8 Å². The molecule has 0 atom stereocenters. The highest BCUT2D eigenvalue weighted by molar-refractivity contribution is 8.00. The van der Waals surface area contributed by atoms with Gasteiger partial charge in [0, 0.05) is 40.5 Å². The molecule has 1 fully saturated rings. The van der Waals surface area contributed by atoms with Crippen molar-refractivity contribution in [3.8, 4) is 5.75 Å². The van der Waals surface area contributed by atoms with Gasteiger partial charge in [-0.15, -0.1) is 23.1 Å². The molecule has 0 bridgehead atoms. The Hall–Kier alpha value is -3.01. The molecule has 39 heavy (non-hydrogen) atoms. The number of piperidine rings is 1. The van der Waals surface area contributed by atoms with E-state index in [-0.39, 0.29) is 4.75 Å². The Morgan fingerprint density at radius 1 is 1.00 bits per heavy atom. The highest BCUT2D eigenvalue weighted by Crippen LogP contribution is 2.39. The molecule has 2 aromatic carbocycles. The van der Waals surface area contributed by atoms with Crippen molar-refractivity contribution in [2.24, 2.45) is 0 Å². The van der Waals surface area contributed by atoms with Crippen LogP contribution in [0.25, 0.3) is 10.2 Å². The van der Waals surface area contributed by atoms with Gasteiger partial charge in [-0.05, 0) is 62.6 Å². The number of thiophene rings is 1. The Morgan fingerprint density at radius 3 is 2.49 bits per heavy atom. The van der Waals surface area contributed by atoms with Crippen molar-refractivity contribution in [1.82, 2.24) is 14.9 Å². The summed E-state index contributed by atoms with van der Waals surface area (Å²) in [5.41, 5.74) is 3.96. The number of fused-ring (bicyclic) bond motifs is 1. The zero-order chi connectivity index (χ0) is 27.6. The van der Waals surface area contributed by atoms with Crippen LogP contribution in [0.3, 0.4) is 0 Å². The Bertz CT molecular complexity index is 1420. The molecule has 0 radical (unpaired) electrons. The molecule has 206 valence electrons. The summed E-state index contributed by atoms with van der Waals surface area (Å²) in [6.45, 7) is 8.76. The predicted molar refractivity (Wildman–Crippen MR) is 168 cm³/mol. The normalized spacial score (nSPS) is 14.7. The minimum Gasteiger partial charge on any atom is -0.494 e. The van der Waals surface area contributed by atoms with E-state index >= 15 is 0 Å². The number of thioether (sulfide) groups is 1. The lowest BCUT2D eigenvalue weighted by Crippen LogP contribution is -2.41. The lowest BCUT2D eigenvalue weighted by Gasteiger charge is -2.36. The van der Waals surface area contributed by atoms with Crippen LogP contribution in [0.1, 0.15) is 33.6 Å². The summed E-state index contributed by atoms with van der Waals surface area (Å²) in [5, 5.41) is 9.08. The average Bonchev–Trinajstić information content (AvgIpc) is 3.38. The summed E-state index contributed by atoms with van der Waals surface area (Å²) in [4.78, 5) is 15.7. The predicted octanol–water partition coefficient (Wildman–Crippen LogP) is 7.61. The van der Waals surface area contributed by atoms with Gasteiger partial charge < -0.3 is 25.2 Å². The molecule has 5 rings (SSSR count). The van der Waals surface area contributed by atoms with Crippen LogP contribution >= 0.6 is 23.1 Å². The van der Waals surface area contributed by atoms with Crippen LogP contribution in [0.4, 0.5) is 28.8 Å². The van der Waals surface area contributed by atoms with Gasteiger partial charge in [0.15, 0.2) is 5.82 Å². The number of ether oxygens (including phenoxy) is 1. The van der Waals surface area contributed by atoms with Gasteiger partial charge in [-0.3, -0.25) is 0 Å². The largest absolute Gasteiger partial charge is 0.494 e. The third-order valence-corrected chi connectivity index (χ3v) is 8.95. The topological polar surface area (TPSA) is 65.6 Å². The number of para-hydroxylation sites is 1. The zero-order valence-corrected chi connectivity index (χ0v) is 25.2. The van der Waals surface area contributed by atoms with Gasteiger partial charge >= 0.3 is 0 Å². The second-order valence-corrected chi connectivity index (χ2v) is 13.8. The first-order valence-electron chi connectivity index (χ1n) is 13.4. The lowest BCUT2D eigenvalue weighted by atomic mass is 10.0. The van der Waals surface area contributed by atoms with Gasteiger partial charge in [0.1, 0.15) is 5.75 Å². The number of methoxy groups -OCH3 is 1. The van der Waals surface area contributed by atoms with Crippen molar-refractivity contribution in [3.63, 3.8) is 0 Å². The molecule has 7 nitrogen and oxygen atoms in total. The fraction of sp³-hybridized carbons (Fsp3) is 0.400. The third kappa shape index (κ3) is 6.59. The summed E-state index contributed by atoms with van der Waals surface area (Å²) >= 11 is 3.48. The van der Waals surface area contributed by atoms with E-state index < -0.39 is 0 Å². The summed E-state index contributed by atoms with van der Waals surface area (Å²) in [7, 11) is 6.05. The van der Waals surface area contributed by atoms with E-state index in [1.54, 1.807) is 18.4 Å². The number of nitrogens with zero attached hydrogens (tertiary/aromatic N) is 4. The van der Waals surface area contributed by atoms with Crippen molar-refractivity contribution in [3.05, 3.63) is 53.9 Å². The first kappa shape index (κ1) is 27.6. The van der Waals surface area contributed by atoms with E-state index in [2.05, 4.69) is 103 Å². The van der Waals surface area contributed by atoms with Crippen LogP contribution in [-0.4, -0.2) is 60.0 Å². The molecule has 4 aromatic rings. The quantitative estimate of drug-likeness (QED) is 0.213. The molecule has 1 saturated heterocycles. The lowest BCUT2D eigenvalue weighted by molar-refractivity contribution is 0.249. The van der Waals surface area contributed by atoms with E-state index in [0.29, 0.717) is 12.0 Å². The molecule has 3 heterocycles. The Labute approximate surface area is 240 Å². The molecule has 0 unspecified atom stereocenters. The summed E-state index contributed by atoms with van der Waals surface area (Å²) in [6, 6.07) is 17.4. The smallest absolute Gasteiger partial charge is 0.229 e. The number of rotatable bonds is 8. The number of nitrogens with one attached hydrogen (secondary N) is 2. The van der Waals surface area contributed by atoms with Gasteiger partial charge in [0.25, 0.3) is 0 Å². The number of hydrogen-bond acceptors (Lipinski definition) is 9. The molecule has 2 N–H and O–H groups in total. The molecule has 1 aliphatic heterocycles. The Morgan fingerprint density at radius 2 is 1.77 bits per heavy atom. The average molecular weight is 563 g/mol. The fourth-order valence-corrected chi connectivity index (χ4v) is 6.67. The molecule has 2 aromatic heterocycles. The summed E-state index contributed by atoms with van der Waals surface area (Å²) in [6.07, 6.45) is 2.33. The van der Waals surface area contributed by atoms with Gasteiger partial charge in [0.2, 0.25) is 5.95 Å². The molecule has 0 spiro atoms. The van der Waals surface area contributed by atoms with Crippen LogP contribution in [-0.2, 0) is 0 Å². The van der Waals surface area contributed by atoms with Gasteiger partial charge in [0.05, 0.1) is 28.7 Å². The number of benzene rings is 2. The molecular formula is C30H38N6OS2. The van der Waals surface area contributed by atoms with Gasteiger partial charge in [-0.2, -0.15) is 4.98 Å². The monoisotopic (exact) mass is 562 g/mol. The zero-order valence-electron chi connectivity index (χ0n) is 23.6. The maximum Gasteiger partial charge on any atom is 0.229 e.